The number of carbonyl (C=O) groups is 2. The van der Waals surface area contributed by atoms with Crippen molar-refractivity contribution in [1.29, 1.82) is 0 Å². The Bertz CT molecular complexity index is 1230. The van der Waals surface area contributed by atoms with Gasteiger partial charge in [0.15, 0.2) is 6.10 Å². The topological polar surface area (TPSA) is 108 Å². The van der Waals surface area contributed by atoms with Crippen molar-refractivity contribution < 1.29 is 22.7 Å². The highest BCUT2D eigenvalue weighted by Gasteiger charge is 2.34. The summed E-state index contributed by atoms with van der Waals surface area (Å²) >= 11 is 6.26. The molecular formula is C22H25ClN4O5S. The molecule has 0 bridgehead atoms. The number of rotatable bonds is 3. The smallest absolute Gasteiger partial charge is 0.321 e. The van der Waals surface area contributed by atoms with Crippen LogP contribution in [0, 0.1) is 13.8 Å². The maximum atomic E-state index is 13.3. The predicted molar refractivity (Wildman–Crippen MR) is 125 cm³/mol. The fourth-order valence-corrected chi connectivity index (χ4v) is 5.76. The lowest BCUT2D eigenvalue weighted by atomic mass is 10.1. The summed E-state index contributed by atoms with van der Waals surface area (Å²) in [6.07, 6.45) is -0.742. The van der Waals surface area contributed by atoms with E-state index in [2.05, 4.69) is 10.6 Å². The average molecular weight is 493 g/mol. The fraction of sp³-hybridized carbons (Fsp3) is 0.364. The normalized spacial score (nSPS) is 18.8. The number of aryl methyl sites for hydroxylation is 2. The molecule has 176 valence electrons. The summed E-state index contributed by atoms with van der Waals surface area (Å²) in [6.45, 7) is 6.21. The minimum atomic E-state index is -3.93. The molecule has 0 radical (unpaired) electrons. The monoisotopic (exact) mass is 492 g/mol. The third-order valence-corrected chi connectivity index (χ3v) is 8.10. The van der Waals surface area contributed by atoms with E-state index in [0.717, 1.165) is 16.8 Å². The van der Waals surface area contributed by atoms with Crippen LogP contribution in [0.3, 0.4) is 0 Å². The van der Waals surface area contributed by atoms with Gasteiger partial charge in [-0.25, -0.2) is 13.2 Å². The van der Waals surface area contributed by atoms with Crippen LogP contribution >= 0.6 is 11.6 Å². The Kier molecular flexibility index (Phi) is 6.26. The Morgan fingerprint density at radius 1 is 1.15 bits per heavy atom. The number of sulfonamides is 1. The number of carbonyl (C=O) groups excluding carboxylic acids is 2. The number of hydrogen-bond acceptors (Lipinski definition) is 5. The Hall–Kier alpha value is -2.82. The maximum Gasteiger partial charge on any atom is 0.321 e. The Morgan fingerprint density at radius 2 is 1.85 bits per heavy atom. The van der Waals surface area contributed by atoms with E-state index in [1.165, 1.54) is 16.4 Å². The van der Waals surface area contributed by atoms with Gasteiger partial charge >= 0.3 is 6.03 Å². The maximum absolute atomic E-state index is 13.3. The number of urea groups is 1. The third kappa shape index (κ3) is 4.64. The molecule has 1 fully saturated rings. The number of nitrogens with one attached hydrogen (secondary N) is 2. The highest BCUT2D eigenvalue weighted by Crippen LogP contribution is 2.38. The number of amides is 3. The van der Waals surface area contributed by atoms with E-state index in [1.807, 2.05) is 32.0 Å². The van der Waals surface area contributed by atoms with Gasteiger partial charge in [-0.3, -0.25) is 4.79 Å². The molecule has 2 aliphatic heterocycles. The van der Waals surface area contributed by atoms with Gasteiger partial charge in [0.05, 0.1) is 10.7 Å². The van der Waals surface area contributed by atoms with E-state index in [0.29, 0.717) is 5.69 Å². The lowest BCUT2D eigenvalue weighted by molar-refractivity contribution is -0.122. The number of anilines is 2. The molecule has 2 aromatic rings. The molecule has 2 N–H and O–H groups in total. The first-order chi connectivity index (χ1) is 15.6. The quantitative estimate of drug-likeness (QED) is 0.684. The molecule has 0 unspecified atom stereocenters. The van der Waals surface area contributed by atoms with Crippen molar-refractivity contribution in [2.24, 2.45) is 0 Å². The second-order valence-corrected chi connectivity index (χ2v) is 10.5. The molecule has 0 saturated carbocycles. The summed E-state index contributed by atoms with van der Waals surface area (Å²) in [7, 11) is -3.93. The largest absolute Gasteiger partial charge is 0.479 e. The molecule has 2 aromatic carbocycles. The highest BCUT2D eigenvalue weighted by molar-refractivity contribution is 7.89. The number of hydrogen-bond donors (Lipinski definition) is 2. The number of nitrogens with zero attached hydrogens (tertiary/aromatic N) is 2. The minimum Gasteiger partial charge on any atom is -0.479 e. The van der Waals surface area contributed by atoms with Crippen LogP contribution in [0.2, 0.25) is 5.02 Å². The van der Waals surface area contributed by atoms with Crippen molar-refractivity contribution in [3.8, 4) is 5.75 Å². The summed E-state index contributed by atoms with van der Waals surface area (Å²) in [5, 5.41) is 5.52. The Labute approximate surface area is 197 Å². The lowest BCUT2D eigenvalue weighted by Gasteiger charge is -2.34. The molecule has 11 heteroatoms. The van der Waals surface area contributed by atoms with Gasteiger partial charge < -0.3 is 20.3 Å². The van der Waals surface area contributed by atoms with Crippen LogP contribution in [0.4, 0.5) is 16.2 Å². The summed E-state index contributed by atoms with van der Waals surface area (Å²) in [6, 6.07) is 8.20. The van der Waals surface area contributed by atoms with E-state index < -0.39 is 16.1 Å². The molecule has 1 atom stereocenters. The molecule has 0 spiro atoms. The van der Waals surface area contributed by atoms with Gasteiger partial charge in [0.25, 0.3) is 5.91 Å². The first-order valence-corrected chi connectivity index (χ1v) is 12.3. The molecule has 0 aliphatic carbocycles. The number of ether oxygens (including phenoxy) is 1. The van der Waals surface area contributed by atoms with Gasteiger partial charge in [-0.15, -0.1) is 0 Å². The van der Waals surface area contributed by atoms with Gasteiger partial charge in [0.1, 0.15) is 10.6 Å². The molecule has 1 saturated heterocycles. The highest BCUT2D eigenvalue weighted by atomic mass is 35.5. The lowest BCUT2D eigenvalue weighted by Crippen LogP contribution is -2.51. The molecule has 4 rings (SSSR count). The first-order valence-electron chi connectivity index (χ1n) is 10.5. The molecule has 0 aromatic heterocycles. The Morgan fingerprint density at radius 3 is 2.52 bits per heavy atom. The zero-order valence-electron chi connectivity index (χ0n) is 18.5. The van der Waals surface area contributed by atoms with Gasteiger partial charge in [-0.05, 0) is 38.5 Å². The third-order valence-electron chi connectivity index (χ3n) is 5.73. The van der Waals surface area contributed by atoms with Crippen molar-refractivity contribution >= 4 is 44.9 Å². The minimum absolute atomic E-state index is 0.0118. The van der Waals surface area contributed by atoms with Gasteiger partial charge in [-0.2, -0.15) is 4.31 Å². The van der Waals surface area contributed by atoms with Crippen molar-refractivity contribution in [2.75, 3.05) is 36.8 Å². The average Bonchev–Trinajstić information content (AvgIpc) is 2.76. The van der Waals surface area contributed by atoms with Crippen molar-refractivity contribution in [3.05, 3.63) is 46.5 Å². The predicted octanol–water partition coefficient (Wildman–Crippen LogP) is 3.21. The van der Waals surface area contributed by atoms with Gasteiger partial charge in [0.2, 0.25) is 10.0 Å². The molecular weight excluding hydrogens is 468 g/mol. The molecule has 2 aliphatic rings. The Balaban J connectivity index is 1.45. The van der Waals surface area contributed by atoms with Gasteiger partial charge in [-0.1, -0.05) is 29.3 Å². The van der Waals surface area contributed by atoms with E-state index in [-0.39, 0.29) is 53.8 Å². The van der Waals surface area contributed by atoms with E-state index in [4.69, 9.17) is 16.3 Å². The van der Waals surface area contributed by atoms with E-state index in [1.54, 1.807) is 11.8 Å². The molecule has 33 heavy (non-hydrogen) atoms. The van der Waals surface area contributed by atoms with Gasteiger partial charge in [0, 0.05) is 37.9 Å². The van der Waals surface area contributed by atoms with Crippen LogP contribution in [0.15, 0.2) is 35.2 Å². The molecule has 9 nitrogen and oxygen atoms in total. The van der Waals surface area contributed by atoms with Crippen LogP contribution < -0.4 is 15.4 Å². The van der Waals surface area contributed by atoms with E-state index >= 15 is 0 Å². The van der Waals surface area contributed by atoms with Crippen molar-refractivity contribution in [1.82, 2.24) is 9.21 Å². The first kappa shape index (κ1) is 23.3. The van der Waals surface area contributed by atoms with Crippen LogP contribution in [0.1, 0.15) is 18.1 Å². The van der Waals surface area contributed by atoms with Crippen molar-refractivity contribution in [2.45, 2.75) is 31.8 Å². The summed E-state index contributed by atoms with van der Waals surface area (Å²) < 4.78 is 33.4. The standard InChI is InChI=1S/C22H25ClN4O5S/c1-13-4-5-17(14(2)10-13)25-22(29)26-6-8-27(9-7-26)33(30,31)20-12-19-18(11-16(20)23)24-21(28)15(3)32-19/h4-5,10-12,15H,6-9H2,1-3H3,(H,24,28)(H,25,29)/t15-/m1/s1. The van der Waals surface area contributed by atoms with Crippen LogP contribution in [-0.4, -0.2) is 61.8 Å². The second-order valence-electron chi connectivity index (χ2n) is 8.17. The number of halogens is 1. The number of benzene rings is 2. The number of piperazine rings is 1. The molecule has 2 heterocycles. The van der Waals surface area contributed by atoms with Crippen molar-refractivity contribution in [3.63, 3.8) is 0 Å². The van der Waals surface area contributed by atoms with Crippen LogP contribution in [0.25, 0.3) is 0 Å². The molecule has 3 amide bonds. The van der Waals surface area contributed by atoms with Crippen LogP contribution in [-0.2, 0) is 14.8 Å². The SMILES string of the molecule is Cc1ccc(NC(=O)N2CCN(S(=O)(=O)c3cc4c(cc3Cl)NC(=O)[C@@H](C)O4)CC2)c(C)c1. The summed E-state index contributed by atoms with van der Waals surface area (Å²) in [5.74, 6) is -0.0824. The zero-order chi connectivity index (χ0) is 23.9. The van der Waals surface area contributed by atoms with Crippen LogP contribution in [0.5, 0.6) is 5.75 Å². The summed E-state index contributed by atoms with van der Waals surface area (Å²) in [4.78, 5) is 26.0. The summed E-state index contributed by atoms with van der Waals surface area (Å²) in [5.41, 5.74) is 3.12. The number of fused-ring (bicyclic) bond motifs is 1. The zero-order valence-corrected chi connectivity index (χ0v) is 20.1. The fourth-order valence-electron chi connectivity index (χ4n) is 3.82. The second kappa shape index (κ2) is 8.85. The van der Waals surface area contributed by atoms with E-state index in [9.17, 15) is 18.0 Å².